The van der Waals surface area contributed by atoms with E-state index in [-0.39, 0.29) is 23.9 Å². The van der Waals surface area contributed by atoms with Gasteiger partial charge in [0.05, 0.1) is 41.6 Å². The third-order valence-corrected chi connectivity index (χ3v) is 7.60. The van der Waals surface area contributed by atoms with Gasteiger partial charge in [0.2, 0.25) is 5.91 Å². The van der Waals surface area contributed by atoms with E-state index >= 15 is 0 Å². The Morgan fingerprint density at radius 2 is 1.72 bits per heavy atom. The van der Waals surface area contributed by atoms with Crippen LogP contribution in [0.4, 0.5) is 0 Å². The summed E-state index contributed by atoms with van der Waals surface area (Å²) < 4.78 is 7.43. The molecule has 3 aromatic carbocycles. The maximum Gasteiger partial charge on any atom is 0.335 e. The Bertz CT molecular complexity index is 1570. The van der Waals surface area contributed by atoms with Crippen LogP contribution in [0, 0.1) is 11.3 Å². The van der Waals surface area contributed by atoms with Crippen molar-refractivity contribution in [2.45, 2.75) is 32.7 Å². The van der Waals surface area contributed by atoms with E-state index in [0.29, 0.717) is 31.9 Å². The van der Waals surface area contributed by atoms with Gasteiger partial charge in [0.15, 0.2) is 0 Å². The second-order valence-electron chi connectivity index (χ2n) is 9.96. The van der Waals surface area contributed by atoms with Gasteiger partial charge in [0.1, 0.15) is 6.54 Å². The van der Waals surface area contributed by atoms with Crippen LogP contribution in [0.5, 0.6) is 0 Å². The maximum absolute atomic E-state index is 13.5. The lowest BCUT2D eigenvalue weighted by molar-refractivity contribution is -0.135. The topological polar surface area (TPSA) is 95.6 Å². The molecule has 0 aliphatic carbocycles. The molecule has 1 unspecified atom stereocenters. The fourth-order valence-corrected chi connectivity index (χ4v) is 5.32. The third-order valence-electron chi connectivity index (χ3n) is 7.60. The number of ether oxygens (including phenoxy) is 1. The smallest absolute Gasteiger partial charge is 0.335 e. The number of hydrogen-bond donors (Lipinski definition) is 1. The predicted molar refractivity (Wildman–Crippen MR) is 151 cm³/mol. The third kappa shape index (κ3) is 5.16. The molecule has 5 rings (SSSR count). The Morgan fingerprint density at radius 1 is 1.00 bits per heavy atom. The normalized spacial score (nSPS) is 14.2. The number of benzene rings is 3. The Hall–Kier alpha value is -4.41. The molecular formula is C32H31N3O4. The summed E-state index contributed by atoms with van der Waals surface area (Å²) >= 11 is 0. The molecule has 7 nitrogen and oxygen atoms in total. The lowest BCUT2D eigenvalue weighted by Gasteiger charge is -2.27. The lowest BCUT2D eigenvalue weighted by atomic mass is 9.92. The van der Waals surface area contributed by atoms with Crippen LogP contribution in [-0.2, 0) is 16.1 Å². The highest BCUT2D eigenvalue weighted by molar-refractivity contribution is 5.99. The molecule has 1 fully saturated rings. The Morgan fingerprint density at radius 3 is 2.38 bits per heavy atom. The highest BCUT2D eigenvalue weighted by atomic mass is 16.5. The van der Waals surface area contributed by atoms with Gasteiger partial charge in [-0.15, -0.1) is 0 Å². The van der Waals surface area contributed by atoms with Crippen molar-refractivity contribution in [1.29, 1.82) is 5.26 Å². The number of nitriles is 1. The second-order valence-corrected chi connectivity index (χ2v) is 9.96. The summed E-state index contributed by atoms with van der Waals surface area (Å²) in [6.45, 7) is 6.52. The van der Waals surface area contributed by atoms with Gasteiger partial charge in [0, 0.05) is 18.5 Å². The number of carbonyl (C=O) groups is 2. The van der Waals surface area contributed by atoms with Crippen molar-refractivity contribution in [3.8, 4) is 28.5 Å². The number of morpholine rings is 1. The maximum atomic E-state index is 13.5. The molecule has 1 amide bonds. The predicted octanol–water partition coefficient (Wildman–Crippen LogP) is 5.92. The molecule has 1 aromatic heterocycles. The average molecular weight is 522 g/mol. The minimum atomic E-state index is -1.00. The molecule has 0 spiro atoms. The van der Waals surface area contributed by atoms with Crippen LogP contribution in [0.25, 0.3) is 33.3 Å². The minimum absolute atomic E-state index is 0.0159. The summed E-state index contributed by atoms with van der Waals surface area (Å²) in [4.78, 5) is 27.2. The molecule has 1 aliphatic heterocycles. The quantitative estimate of drug-likeness (QED) is 0.326. The number of hydrogen-bond acceptors (Lipinski definition) is 4. The number of carboxylic acids is 1. The standard InChI is InChI=1S/C32H31N3O4/c1-3-21(2)30-27-12-11-26(32(37)38)18-28(27)35(20-29(36)34-13-15-39-16-14-34)31(30)24-9-7-23(8-10-24)25-6-4-5-22(17-25)19-33/h4-12,17-18,21H,3,13-16,20H2,1-2H3,(H,37,38). The van der Waals surface area contributed by atoms with Crippen LogP contribution in [0.1, 0.15) is 47.7 Å². The number of aromatic carboxylic acids is 1. The minimum Gasteiger partial charge on any atom is -0.478 e. The van der Waals surface area contributed by atoms with Gasteiger partial charge in [0.25, 0.3) is 0 Å². The molecule has 1 aliphatic rings. The van der Waals surface area contributed by atoms with E-state index in [1.807, 2.05) is 58.0 Å². The van der Waals surface area contributed by atoms with Crippen LogP contribution in [0.2, 0.25) is 0 Å². The van der Waals surface area contributed by atoms with Crippen molar-refractivity contribution in [3.05, 3.63) is 83.4 Å². The fourth-order valence-electron chi connectivity index (χ4n) is 5.32. The van der Waals surface area contributed by atoms with E-state index in [4.69, 9.17) is 4.74 Å². The number of carbonyl (C=O) groups excluding carboxylic acids is 1. The van der Waals surface area contributed by atoms with Crippen LogP contribution in [-0.4, -0.2) is 52.8 Å². The zero-order valence-corrected chi connectivity index (χ0v) is 22.2. The van der Waals surface area contributed by atoms with E-state index in [9.17, 15) is 20.0 Å². The van der Waals surface area contributed by atoms with Gasteiger partial charge in [-0.05, 0) is 58.9 Å². The van der Waals surface area contributed by atoms with Crippen molar-refractivity contribution in [1.82, 2.24) is 9.47 Å². The molecule has 0 radical (unpaired) electrons. The Balaban J connectivity index is 1.68. The van der Waals surface area contributed by atoms with E-state index in [2.05, 4.69) is 19.9 Å². The zero-order valence-electron chi connectivity index (χ0n) is 22.2. The highest BCUT2D eigenvalue weighted by Gasteiger charge is 2.26. The first-order valence-electron chi connectivity index (χ1n) is 13.3. The number of nitrogens with zero attached hydrogens (tertiary/aromatic N) is 3. The van der Waals surface area contributed by atoms with Gasteiger partial charge in [-0.3, -0.25) is 4.79 Å². The molecule has 1 atom stereocenters. The molecule has 1 N–H and O–H groups in total. The molecule has 198 valence electrons. The zero-order chi connectivity index (χ0) is 27.5. The first kappa shape index (κ1) is 26.2. The highest BCUT2D eigenvalue weighted by Crippen LogP contribution is 2.40. The van der Waals surface area contributed by atoms with Gasteiger partial charge in [-0.25, -0.2) is 4.79 Å². The van der Waals surface area contributed by atoms with Crippen LogP contribution >= 0.6 is 0 Å². The van der Waals surface area contributed by atoms with Gasteiger partial charge in [-0.2, -0.15) is 5.26 Å². The molecule has 7 heteroatoms. The van der Waals surface area contributed by atoms with Crippen LogP contribution in [0.15, 0.2) is 66.7 Å². The fraction of sp³-hybridized carbons (Fsp3) is 0.281. The molecule has 0 saturated carbocycles. The summed E-state index contributed by atoms with van der Waals surface area (Å²) in [7, 11) is 0. The summed E-state index contributed by atoms with van der Waals surface area (Å²) in [6.07, 6.45) is 0.892. The number of fused-ring (bicyclic) bond motifs is 1. The molecule has 4 aromatic rings. The van der Waals surface area contributed by atoms with E-state index in [0.717, 1.165) is 45.3 Å². The van der Waals surface area contributed by atoms with Crippen molar-refractivity contribution in [2.24, 2.45) is 0 Å². The molecule has 1 saturated heterocycles. The molecule has 39 heavy (non-hydrogen) atoms. The lowest BCUT2D eigenvalue weighted by Crippen LogP contribution is -2.42. The van der Waals surface area contributed by atoms with Gasteiger partial charge >= 0.3 is 5.97 Å². The number of rotatable bonds is 7. The average Bonchev–Trinajstić information content (AvgIpc) is 3.30. The summed E-state index contributed by atoms with van der Waals surface area (Å²) in [5, 5.41) is 20.0. The summed E-state index contributed by atoms with van der Waals surface area (Å²) in [6, 6.07) is 23.0. The van der Waals surface area contributed by atoms with Crippen molar-refractivity contribution < 1.29 is 19.4 Å². The largest absolute Gasteiger partial charge is 0.478 e. The Kier molecular flexibility index (Phi) is 7.49. The molecule has 0 bridgehead atoms. The summed E-state index contributed by atoms with van der Waals surface area (Å²) in [5.41, 5.74) is 6.47. The van der Waals surface area contributed by atoms with E-state index in [1.54, 1.807) is 18.2 Å². The first-order chi connectivity index (χ1) is 18.9. The van der Waals surface area contributed by atoms with Crippen molar-refractivity contribution in [2.75, 3.05) is 26.3 Å². The number of carboxylic acid groups (broad SMARTS) is 1. The monoisotopic (exact) mass is 521 g/mol. The SMILES string of the molecule is CCC(C)c1c(-c2ccc(-c3cccc(C#N)c3)cc2)n(CC(=O)N2CCOCC2)c2cc(C(=O)O)ccc12. The number of amides is 1. The van der Waals surface area contributed by atoms with E-state index < -0.39 is 5.97 Å². The summed E-state index contributed by atoms with van der Waals surface area (Å²) in [5.74, 6) is -0.831. The first-order valence-corrected chi connectivity index (χ1v) is 13.3. The second kappa shape index (κ2) is 11.1. The van der Waals surface area contributed by atoms with Gasteiger partial charge < -0.3 is 19.3 Å². The van der Waals surface area contributed by atoms with E-state index in [1.165, 1.54) is 0 Å². The van der Waals surface area contributed by atoms with Crippen molar-refractivity contribution >= 4 is 22.8 Å². The van der Waals surface area contributed by atoms with Crippen molar-refractivity contribution in [3.63, 3.8) is 0 Å². The Labute approximate surface area is 227 Å². The molecule has 2 heterocycles. The molecular weight excluding hydrogens is 490 g/mol. The van der Waals surface area contributed by atoms with Crippen LogP contribution < -0.4 is 0 Å². The van der Waals surface area contributed by atoms with Gasteiger partial charge in [-0.1, -0.05) is 56.3 Å². The van der Waals surface area contributed by atoms with Crippen LogP contribution in [0.3, 0.4) is 0 Å². The number of aromatic nitrogens is 1.